The molecule has 0 aliphatic heterocycles. The van der Waals surface area contributed by atoms with Crippen LogP contribution < -0.4 is 0 Å². The van der Waals surface area contributed by atoms with Gasteiger partial charge in [0.15, 0.2) is 0 Å². The summed E-state index contributed by atoms with van der Waals surface area (Å²) in [5.74, 6) is 0.0226. The van der Waals surface area contributed by atoms with Gasteiger partial charge in [-0.1, -0.05) is 19.1 Å². The van der Waals surface area contributed by atoms with E-state index in [1.54, 1.807) is 22.9 Å². The van der Waals surface area contributed by atoms with Crippen molar-refractivity contribution in [3.63, 3.8) is 0 Å². The number of aryl methyl sites for hydroxylation is 1. The molecule has 5 heteroatoms. The monoisotopic (exact) mass is 317 g/mol. The summed E-state index contributed by atoms with van der Waals surface area (Å²) in [5.41, 5.74) is 2.77. The number of aromatic nitrogens is 2. The van der Waals surface area contributed by atoms with Crippen LogP contribution in [0, 0.1) is 6.92 Å². The van der Waals surface area contributed by atoms with Gasteiger partial charge in [-0.2, -0.15) is 5.10 Å². The number of carbonyl (C=O) groups excluding carboxylic acids is 1. The molecule has 0 aliphatic rings. The van der Waals surface area contributed by atoms with E-state index in [-0.39, 0.29) is 5.91 Å². The minimum Gasteiger partial charge on any atom is -0.337 e. The number of amides is 1. The molecule has 2 rings (SSSR count). The molecule has 118 valence electrons. The summed E-state index contributed by atoms with van der Waals surface area (Å²) in [6.07, 6.45) is 4.75. The lowest BCUT2D eigenvalue weighted by Crippen LogP contribution is -2.26. The normalized spacial score (nSPS) is 10.7. The Balaban J connectivity index is 2.11. The smallest absolute Gasteiger partial charge is 0.257 e. The third-order valence-corrected chi connectivity index (χ3v) is 4.39. The fourth-order valence-electron chi connectivity index (χ4n) is 2.42. The lowest BCUT2D eigenvalue weighted by Gasteiger charge is -2.17. The fourth-order valence-corrected chi connectivity index (χ4v) is 2.90. The molecule has 0 unspecified atom stereocenters. The minimum atomic E-state index is 0.0226. The first-order chi connectivity index (χ1) is 10.6. The maximum Gasteiger partial charge on any atom is 0.257 e. The number of carbonyl (C=O) groups is 1. The van der Waals surface area contributed by atoms with Gasteiger partial charge in [-0.3, -0.25) is 9.48 Å². The summed E-state index contributed by atoms with van der Waals surface area (Å²) in [7, 11) is 1.84. The predicted octanol–water partition coefficient (Wildman–Crippen LogP) is 3.60. The van der Waals surface area contributed by atoms with Crippen molar-refractivity contribution in [2.24, 2.45) is 0 Å². The Morgan fingerprint density at radius 3 is 2.86 bits per heavy atom. The molecule has 1 heterocycles. The predicted molar refractivity (Wildman–Crippen MR) is 91.3 cm³/mol. The zero-order chi connectivity index (χ0) is 16.1. The zero-order valence-electron chi connectivity index (χ0n) is 13.7. The van der Waals surface area contributed by atoms with Crippen LogP contribution in [0.5, 0.6) is 0 Å². The summed E-state index contributed by atoms with van der Waals surface area (Å²) in [5, 5.41) is 4.31. The molecule has 0 spiro atoms. The first-order valence-corrected chi connectivity index (χ1v) is 8.70. The van der Waals surface area contributed by atoms with Crippen molar-refractivity contribution in [1.29, 1.82) is 0 Å². The summed E-state index contributed by atoms with van der Waals surface area (Å²) in [6, 6.07) is 8.29. The van der Waals surface area contributed by atoms with Crippen LogP contribution >= 0.6 is 11.8 Å². The first-order valence-electron chi connectivity index (χ1n) is 7.47. The Labute approximate surface area is 136 Å². The van der Waals surface area contributed by atoms with Crippen molar-refractivity contribution in [3.8, 4) is 0 Å². The van der Waals surface area contributed by atoms with Crippen molar-refractivity contribution < 1.29 is 4.79 Å². The molecule has 0 radical (unpaired) electrons. The molecule has 0 N–H and O–H groups in total. The van der Waals surface area contributed by atoms with Crippen molar-refractivity contribution in [3.05, 3.63) is 47.3 Å². The molecule has 0 atom stereocenters. The Bertz CT molecular complexity index is 651. The molecule has 0 fully saturated rings. The summed E-state index contributed by atoms with van der Waals surface area (Å²) in [6.45, 7) is 5.51. The third kappa shape index (κ3) is 3.71. The van der Waals surface area contributed by atoms with Gasteiger partial charge in [0.2, 0.25) is 0 Å². The number of hydrogen-bond donors (Lipinski definition) is 0. The second-order valence-electron chi connectivity index (χ2n) is 5.38. The molecule has 1 aromatic carbocycles. The van der Waals surface area contributed by atoms with Crippen molar-refractivity contribution >= 4 is 17.7 Å². The Morgan fingerprint density at radius 1 is 1.41 bits per heavy atom. The van der Waals surface area contributed by atoms with Crippen LogP contribution in [0.15, 0.2) is 35.4 Å². The molecule has 0 aliphatic carbocycles. The van der Waals surface area contributed by atoms with Crippen LogP contribution in [0.25, 0.3) is 0 Å². The Hall–Kier alpha value is -1.75. The van der Waals surface area contributed by atoms with Gasteiger partial charge in [-0.15, -0.1) is 11.8 Å². The lowest BCUT2D eigenvalue weighted by molar-refractivity contribution is 0.0784. The van der Waals surface area contributed by atoms with E-state index < -0.39 is 0 Å². The van der Waals surface area contributed by atoms with Gasteiger partial charge >= 0.3 is 0 Å². The van der Waals surface area contributed by atoms with E-state index in [0.29, 0.717) is 12.1 Å². The Kier molecular flexibility index (Phi) is 5.66. The molecule has 1 aromatic heterocycles. The SMILES string of the molecule is CCCn1ncc(C(=O)N(C)Cc2cccc(SC)c2)c1C. The molecule has 0 saturated carbocycles. The van der Waals surface area contributed by atoms with Gasteiger partial charge in [0.05, 0.1) is 11.8 Å². The molecule has 4 nitrogen and oxygen atoms in total. The van der Waals surface area contributed by atoms with Gasteiger partial charge in [0, 0.05) is 30.7 Å². The van der Waals surface area contributed by atoms with Gasteiger partial charge < -0.3 is 4.90 Å². The summed E-state index contributed by atoms with van der Waals surface area (Å²) in [4.78, 5) is 15.6. The summed E-state index contributed by atoms with van der Waals surface area (Å²) >= 11 is 1.71. The van der Waals surface area contributed by atoms with Crippen LogP contribution in [-0.4, -0.2) is 33.9 Å². The molecule has 0 saturated heterocycles. The lowest BCUT2D eigenvalue weighted by atomic mass is 10.2. The van der Waals surface area contributed by atoms with E-state index in [2.05, 4.69) is 36.5 Å². The number of hydrogen-bond acceptors (Lipinski definition) is 3. The van der Waals surface area contributed by atoms with Crippen LogP contribution in [-0.2, 0) is 13.1 Å². The van der Waals surface area contributed by atoms with Crippen molar-refractivity contribution in [2.45, 2.75) is 38.3 Å². The average Bonchev–Trinajstić information content (AvgIpc) is 2.88. The van der Waals surface area contributed by atoms with E-state index in [0.717, 1.165) is 24.2 Å². The van der Waals surface area contributed by atoms with Crippen LogP contribution in [0.1, 0.15) is 35.0 Å². The molecule has 2 aromatic rings. The van der Waals surface area contributed by atoms with Gasteiger partial charge in [-0.05, 0) is 37.3 Å². The maximum absolute atomic E-state index is 12.6. The molecule has 1 amide bonds. The summed E-state index contributed by atoms with van der Waals surface area (Å²) < 4.78 is 1.90. The highest BCUT2D eigenvalue weighted by Crippen LogP contribution is 2.18. The number of rotatable bonds is 6. The van der Waals surface area contributed by atoms with E-state index in [1.807, 2.05) is 24.7 Å². The quantitative estimate of drug-likeness (QED) is 0.764. The molecule has 0 bridgehead atoms. The van der Waals surface area contributed by atoms with Crippen molar-refractivity contribution in [1.82, 2.24) is 14.7 Å². The van der Waals surface area contributed by atoms with Crippen LogP contribution in [0.2, 0.25) is 0 Å². The topological polar surface area (TPSA) is 38.1 Å². The van der Waals surface area contributed by atoms with E-state index >= 15 is 0 Å². The van der Waals surface area contributed by atoms with Gasteiger partial charge in [-0.25, -0.2) is 0 Å². The highest BCUT2D eigenvalue weighted by atomic mass is 32.2. The Morgan fingerprint density at radius 2 is 2.18 bits per heavy atom. The fraction of sp³-hybridized carbons (Fsp3) is 0.412. The molecule has 22 heavy (non-hydrogen) atoms. The zero-order valence-corrected chi connectivity index (χ0v) is 14.5. The number of benzene rings is 1. The average molecular weight is 317 g/mol. The highest BCUT2D eigenvalue weighted by Gasteiger charge is 2.18. The van der Waals surface area contributed by atoms with E-state index in [1.165, 1.54) is 4.90 Å². The molecular formula is C17H23N3OS. The third-order valence-electron chi connectivity index (χ3n) is 3.67. The second-order valence-corrected chi connectivity index (χ2v) is 6.26. The highest BCUT2D eigenvalue weighted by molar-refractivity contribution is 7.98. The van der Waals surface area contributed by atoms with Crippen molar-refractivity contribution in [2.75, 3.05) is 13.3 Å². The van der Waals surface area contributed by atoms with Gasteiger partial charge in [0.1, 0.15) is 0 Å². The first kappa shape index (κ1) is 16.6. The standard InChI is InChI=1S/C17H23N3OS/c1-5-9-20-13(2)16(11-18-20)17(21)19(3)12-14-7-6-8-15(10-14)22-4/h6-8,10-11H,5,9,12H2,1-4H3. The van der Waals surface area contributed by atoms with Crippen LogP contribution in [0.3, 0.4) is 0 Å². The second kappa shape index (κ2) is 7.49. The molecular weight excluding hydrogens is 294 g/mol. The minimum absolute atomic E-state index is 0.0226. The van der Waals surface area contributed by atoms with Gasteiger partial charge in [0.25, 0.3) is 5.91 Å². The maximum atomic E-state index is 12.6. The number of nitrogens with zero attached hydrogens (tertiary/aromatic N) is 3. The number of thioether (sulfide) groups is 1. The van der Waals surface area contributed by atoms with Crippen LogP contribution in [0.4, 0.5) is 0 Å². The van der Waals surface area contributed by atoms with E-state index in [4.69, 9.17) is 0 Å². The van der Waals surface area contributed by atoms with E-state index in [9.17, 15) is 4.79 Å². The largest absolute Gasteiger partial charge is 0.337 e.